The highest BCUT2D eigenvalue weighted by molar-refractivity contribution is 5.50. The van der Waals surface area contributed by atoms with Gasteiger partial charge in [0.25, 0.3) is 0 Å². The zero-order chi connectivity index (χ0) is 18.8. The molecule has 0 aromatic rings. The molecule has 1 N–H and O–H groups in total. The zero-order valence-electron chi connectivity index (χ0n) is 15.0. The van der Waals surface area contributed by atoms with Crippen LogP contribution in [0.3, 0.4) is 0 Å². The first kappa shape index (κ1) is 23.0. The molecule has 0 amide bonds. The largest absolute Gasteiger partial charge is 0.386 e. The van der Waals surface area contributed by atoms with Crippen LogP contribution in [0.5, 0.6) is 0 Å². The summed E-state index contributed by atoms with van der Waals surface area (Å²) < 4.78 is 0. The lowest BCUT2D eigenvalue weighted by molar-refractivity contribution is -0.533. The van der Waals surface area contributed by atoms with Crippen molar-refractivity contribution < 1.29 is 14.8 Å². The number of aliphatic hydroxyl groups is 1. The third kappa shape index (κ3) is 14.1. The maximum absolute atomic E-state index is 11.1. The van der Waals surface area contributed by atoms with Crippen molar-refractivity contribution in [3.63, 3.8) is 0 Å². The Balaban J connectivity index is 4.14. The summed E-state index contributed by atoms with van der Waals surface area (Å²) in [6, 6.07) is -0.999. The fourth-order valence-corrected chi connectivity index (χ4v) is 2.13. The van der Waals surface area contributed by atoms with E-state index in [9.17, 15) is 20.0 Å². The quantitative estimate of drug-likeness (QED) is 0.205. The lowest BCUT2D eigenvalue weighted by Gasteiger charge is -2.12. The van der Waals surface area contributed by atoms with E-state index in [0.29, 0.717) is 19.3 Å². The van der Waals surface area contributed by atoms with Crippen LogP contribution in [-0.4, -0.2) is 28.5 Å². The van der Waals surface area contributed by atoms with Crippen molar-refractivity contribution in [3.05, 3.63) is 58.7 Å². The Morgan fingerprint density at radius 3 is 2.20 bits per heavy atom. The molecule has 0 rings (SSSR count). The van der Waals surface area contributed by atoms with Gasteiger partial charge in [0.15, 0.2) is 6.29 Å². The summed E-state index contributed by atoms with van der Waals surface area (Å²) in [6.45, 7) is 2.09. The maximum Gasteiger partial charge on any atom is 0.242 e. The van der Waals surface area contributed by atoms with E-state index in [1.807, 2.05) is 24.5 Å². The van der Waals surface area contributed by atoms with Gasteiger partial charge in [0.1, 0.15) is 6.10 Å². The van der Waals surface area contributed by atoms with Crippen molar-refractivity contribution in [1.29, 1.82) is 0 Å². The Kier molecular flexibility index (Phi) is 15.5. The molecule has 2 unspecified atom stereocenters. The van der Waals surface area contributed by atoms with E-state index in [1.165, 1.54) is 0 Å². The van der Waals surface area contributed by atoms with Crippen LogP contribution in [0, 0.1) is 10.1 Å². The predicted molar refractivity (Wildman–Crippen MR) is 102 cm³/mol. The first-order valence-corrected chi connectivity index (χ1v) is 8.90. The molecule has 5 nitrogen and oxygen atoms in total. The second kappa shape index (κ2) is 16.8. The van der Waals surface area contributed by atoms with Crippen LogP contribution in [-0.2, 0) is 4.79 Å². The van der Waals surface area contributed by atoms with Gasteiger partial charge in [0, 0.05) is 17.8 Å². The normalized spacial score (nSPS) is 14.8. The average Bonchev–Trinajstić information content (AvgIpc) is 2.59. The zero-order valence-corrected chi connectivity index (χ0v) is 15.0. The Morgan fingerprint density at radius 2 is 1.60 bits per heavy atom. The highest BCUT2D eigenvalue weighted by atomic mass is 16.6. The number of hydrogen-bond acceptors (Lipinski definition) is 4. The highest BCUT2D eigenvalue weighted by Crippen LogP contribution is 2.10. The standard InChI is InChI=1S/C20H30NO4/c1-2-3-4-5-6-7-8-10-13-16-19(21(24)25)20(23)17-14-11-9-12-15-18-22/h3-4,6-7,10-11,13-14,19-20,23H,2,5,8-9,12,15-17H2,1H3/b4-3-,7-6-,13-10-,14-11-. The van der Waals surface area contributed by atoms with Crippen molar-refractivity contribution in [2.75, 3.05) is 0 Å². The number of unbranched alkanes of at least 4 members (excludes halogenated alkanes) is 2. The van der Waals surface area contributed by atoms with Crippen LogP contribution >= 0.6 is 0 Å². The third-order valence-corrected chi connectivity index (χ3v) is 3.57. The summed E-state index contributed by atoms with van der Waals surface area (Å²) in [5.41, 5.74) is 0. The smallest absolute Gasteiger partial charge is 0.242 e. The van der Waals surface area contributed by atoms with Gasteiger partial charge in [-0.05, 0) is 38.5 Å². The summed E-state index contributed by atoms with van der Waals surface area (Å²) in [4.78, 5) is 20.7. The topological polar surface area (TPSA) is 80.4 Å². The number of nitro groups is 1. The number of nitrogens with zero attached hydrogens (tertiary/aromatic N) is 1. The molecule has 0 aliphatic rings. The first-order valence-electron chi connectivity index (χ1n) is 8.90. The fourth-order valence-electron chi connectivity index (χ4n) is 2.13. The van der Waals surface area contributed by atoms with E-state index >= 15 is 0 Å². The van der Waals surface area contributed by atoms with Crippen LogP contribution < -0.4 is 0 Å². The van der Waals surface area contributed by atoms with Crippen LogP contribution in [0.1, 0.15) is 58.3 Å². The van der Waals surface area contributed by atoms with Gasteiger partial charge in [-0.15, -0.1) is 0 Å². The second-order valence-corrected chi connectivity index (χ2v) is 5.69. The number of aliphatic hydroxyl groups excluding tert-OH is 1. The van der Waals surface area contributed by atoms with Crippen molar-refractivity contribution in [3.8, 4) is 0 Å². The summed E-state index contributed by atoms with van der Waals surface area (Å²) in [7, 11) is 0. The Hall–Kier alpha value is -2.01. The van der Waals surface area contributed by atoms with Crippen molar-refractivity contribution in [2.45, 2.75) is 70.4 Å². The van der Waals surface area contributed by atoms with E-state index in [4.69, 9.17) is 0 Å². The minimum atomic E-state index is -1.01. The van der Waals surface area contributed by atoms with Gasteiger partial charge < -0.3 is 5.11 Å². The molecule has 139 valence electrons. The number of allylic oxidation sites excluding steroid dienone is 6. The summed E-state index contributed by atoms with van der Waals surface area (Å²) in [6.07, 6.45) is 21.2. The van der Waals surface area contributed by atoms with E-state index in [-0.39, 0.29) is 12.8 Å². The first-order chi connectivity index (χ1) is 12.1. The van der Waals surface area contributed by atoms with Crippen molar-refractivity contribution in [1.82, 2.24) is 0 Å². The molecule has 2 atom stereocenters. The molecule has 0 saturated carbocycles. The molecule has 25 heavy (non-hydrogen) atoms. The molecule has 0 aromatic heterocycles. The van der Waals surface area contributed by atoms with E-state index < -0.39 is 17.1 Å². The molecule has 0 aliphatic heterocycles. The van der Waals surface area contributed by atoms with Gasteiger partial charge in [-0.25, -0.2) is 0 Å². The molecule has 0 aromatic carbocycles. The van der Waals surface area contributed by atoms with Gasteiger partial charge in [-0.2, -0.15) is 0 Å². The van der Waals surface area contributed by atoms with E-state index in [0.717, 1.165) is 19.3 Å². The van der Waals surface area contributed by atoms with Gasteiger partial charge in [-0.3, -0.25) is 14.9 Å². The molecule has 0 spiro atoms. The van der Waals surface area contributed by atoms with Crippen LogP contribution in [0.4, 0.5) is 0 Å². The van der Waals surface area contributed by atoms with Crippen LogP contribution in [0.15, 0.2) is 48.6 Å². The molecule has 1 radical (unpaired) electrons. The minimum Gasteiger partial charge on any atom is -0.386 e. The maximum atomic E-state index is 11.1. The van der Waals surface area contributed by atoms with Gasteiger partial charge in [0.2, 0.25) is 6.04 Å². The average molecular weight is 348 g/mol. The molecule has 5 heteroatoms. The lowest BCUT2D eigenvalue weighted by Crippen LogP contribution is -2.32. The molecular formula is C20H30NO4. The lowest BCUT2D eigenvalue weighted by atomic mass is 10.0. The van der Waals surface area contributed by atoms with Gasteiger partial charge in [0.05, 0.1) is 0 Å². The molecule has 0 saturated heterocycles. The predicted octanol–water partition coefficient (Wildman–Crippen LogP) is 4.47. The van der Waals surface area contributed by atoms with Gasteiger partial charge >= 0.3 is 0 Å². The summed E-state index contributed by atoms with van der Waals surface area (Å²) >= 11 is 0. The van der Waals surface area contributed by atoms with E-state index in [1.54, 1.807) is 12.2 Å². The van der Waals surface area contributed by atoms with Gasteiger partial charge in [-0.1, -0.05) is 55.5 Å². The molecular weight excluding hydrogens is 318 g/mol. The van der Waals surface area contributed by atoms with Crippen LogP contribution in [0.25, 0.3) is 0 Å². The van der Waals surface area contributed by atoms with Crippen molar-refractivity contribution in [2.24, 2.45) is 0 Å². The Bertz CT molecular complexity index is 466. The third-order valence-electron chi connectivity index (χ3n) is 3.57. The summed E-state index contributed by atoms with van der Waals surface area (Å²) in [5, 5.41) is 21.1. The number of carbonyl (C=O) groups excluding carboxylic acids is 1. The molecule has 0 fully saturated rings. The Morgan fingerprint density at radius 1 is 1.00 bits per heavy atom. The minimum absolute atomic E-state index is 0.214. The highest BCUT2D eigenvalue weighted by Gasteiger charge is 2.27. The monoisotopic (exact) mass is 348 g/mol. The molecule has 0 aliphatic carbocycles. The van der Waals surface area contributed by atoms with Crippen molar-refractivity contribution >= 4 is 6.29 Å². The number of hydrogen-bond donors (Lipinski definition) is 1. The molecule has 0 heterocycles. The van der Waals surface area contributed by atoms with Crippen LogP contribution in [0.2, 0.25) is 0 Å². The summed E-state index contributed by atoms with van der Waals surface area (Å²) in [5.74, 6) is 0. The second-order valence-electron chi connectivity index (χ2n) is 5.69. The SMILES string of the molecule is CC/C=C\C/C=C\C/C=C\CC(C(O)C/C=C\CCC[C]=O)[N+](=O)[O-]. The Labute approximate surface area is 151 Å². The molecule has 0 bridgehead atoms. The van der Waals surface area contributed by atoms with E-state index in [2.05, 4.69) is 25.2 Å². The number of rotatable bonds is 15. The fraction of sp³-hybridized carbons (Fsp3) is 0.550.